The van der Waals surface area contributed by atoms with Gasteiger partial charge in [-0.25, -0.2) is 4.79 Å². The molecule has 0 unspecified atom stereocenters. The van der Waals surface area contributed by atoms with E-state index in [0.717, 1.165) is 25.7 Å². The molecule has 0 spiro atoms. The Bertz CT molecular complexity index is 309. The zero-order chi connectivity index (χ0) is 14.3. The Morgan fingerprint density at radius 2 is 1.95 bits per heavy atom. The average molecular weight is 271 g/mol. The van der Waals surface area contributed by atoms with E-state index < -0.39 is 11.5 Å². The van der Waals surface area contributed by atoms with Crippen molar-refractivity contribution in [3.63, 3.8) is 0 Å². The molecule has 5 nitrogen and oxygen atoms in total. The van der Waals surface area contributed by atoms with Crippen LogP contribution in [0.4, 0.5) is 0 Å². The molecule has 1 aliphatic rings. The quantitative estimate of drug-likeness (QED) is 0.694. The first-order chi connectivity index (χ1) is 9.04. The average Bonchev–Trinajstić information content (AvgIpc) is 2.39. The number of aliphatic carboxylic acids is 1. The fraction of sp³-hybridized carbons (Fsp3) is 0.857. The van der Waals surface area contributed by atoms with Crippen LogP contribution in [-0.2, 0) is 14.3 Å². The SMILES string of the molecule is CCCOCC(=O)NC1(C(=O)O)CCC(CC)CC1. The van der Waals surface area contributed by atoms with Gasteiger partial charge in [-0.15, -0.1) is 0 Å². The molecule has 0 bridgehead atoms. The Balaban J connectivity index is 2.53. The fourth-order valence-corrected chi connectivity index (χ4v) is 2.58. The third-order valence-electron chi connectivity index (χ3n) is 3.91. The second-order valence-corrected chi connectivity index (χ2v) is 5.34. The van der Waals surface area contributed by atoms with Crippen molar-refractivity contribution < 1.29 is 19.4 Å². The van der Waals surface area contributed by atoms with E-state index in [9.17, 15) is 14.7 Å². The van der Waals surface area contributed by atoms with Crippen LogP contribution in [0.25, 0.3) is 0 Å². The molecule has 2 N–H and O–H groups in total. The van der Waals surface area contributed by atoms with Gasteiger partial charge in [-0.05, 0) is 38.0 Å². The van der Waals surface area contributed by atoms with Crippen molar-refractivity contribution >= 4 is 11.9 Å². The summed E-state index contributed by atoms with van der Waals surface area (Å²) in [6, 6.07) is 0. The van der Waals surface area contributed by atoms with Crippen LogP contribution < -0.4 is 5.32 Å². The number of carboxylic acid groups (broad SMARTS) is 1. The highest BCUT2D eigenvalue weighted by atomic mass is 16.5. The van der Waals surface area contributed by atoms with Crippen molar-refractivity contribution in [3.8, 4) is 0 Å². The van der Waals surface area contributed by atoms with Gasteiger partial charge < -0.3 is 15.2 Å². The Hall–Kier alpha value is -1.10. The molecule has 1 amide bonds. The maximum atomic E-state index is 11.7. The lowest BCUT2D eigenvalue weighted by Crippen LogP contribution is -2.57. The molecular formula is C14H25NO4. The van der Waals surface area contributed by atoms with Gasteiger partial charge in [-0.2, -0.15) is 0 Å². The van der Waals surface area contributed by atoms with Gasteiger partial charge in [-0.3, -0.25) is 4.79 Å². The highest BCUT2D eigenvalue weighted by molar-refractivity contribution is 5.87. The lowest BCUT2D eigenvalue weighted by atomic mass is 9.75. The number of hydrogen-bond donors (Lipinski definition) is 2. The van der Waals surface area contributed by atoms with Crippen LogP contribution in [0.5, 0.6) is 0 Å². The predicted octanol–water partition coefficient (Wildman–Crippen LogP) is 1.95. The van der Waals surface area contributed by atoms with Crippen molar-refractivity contribution in [3.05, 3.63) is 0 Å². The van der Waals surface area contributed by atoms with E-state index in [1.165, 1.54) is 0 Å². The molecule has 0 aliphatic heterocycles. The third kappa shape index (κ3) is 4.49. The standard InChI is InChI=1S/C14H25NO4/c1-3-9-19-10-12(16)15-14(13(17)18)7-5-11(4-2)6-8-14/h11H,3-10H2,1-2H3,(H,15,16)(H,17,18). The van der Waals surface area contributed by atoms with Gasteiger partial charge in [0.05, 0.1) is 0 Å². The monoisotopic (exact) mass is 271 g/mol. The number of carbonyl (C=O) groups is 2. The molecule has 0 aromatic rings. The predicted molar refractivity (Wildman–Crippen MR) is 71.9 cm³/mol. The van der Waals surface area contributed by atoms with Crippen LogP contribution in [0.1, 0.15) is 52.4 Å². The summed E-state index contributed by atoms with van der Waals surface area (Å²) in [5, 5.41) is 12.1. The van der Waals surface area contributed by atoms with Crippen LogP contribution >= 0.6 is 0 Å². The highest BCUT2D eigenvalue weighted by Crippen LogP contribution is 2.33. The number of amides is 1. The molecule has 1 saturated carbocycles. The summed E-state index contributed by atoms with van der Waals surface area (Å²) in [4.78, 5) is 23.2. The Kier molecular flexibility index (Phi) is 6.28. The van der Waals surface area contributed by atoms with Gasteiger partial charge >= 0.3 is 5.97 Å². The highest BCUT2D eigenvalue weighted by Gasteiger charge is 2.42. The summed E-state index contributed by atoms with van der Waals surface area (Å²) in [6.07, 6.45) is 4.66. The van der Waals surface area contributed by atoms with Gasteiger partial charge in [0.2, 0.25) is 5.91 Å². The van der Waals surface area contributed by atoms with Gasteiger partial charge in [0.15, 0.2) is 0 Å². The first-order valence-corrected chi connectivity index (χ1v) is 7.16. The smallest absolute Gasteiger partial charge is 0.329 e. The number of carbonyl (C=O) groups excluding carboxylic acids is 1. The molecule has 1 aliphatic carbocycles. The minimum atomic E-state index is -1.08. The lowest BCUT2D eigenvalue weighted by Gasteiger charge is -2.37. The van der Waals surface area contributed by atoms with E-state index in [0.29, 0.717) is 25.4 Å². The van der Waals surface area contributed by atoms with Crippen LogP contribution in [0.3, 0.4) is 0 Å². The minimum Gasteiger partial charge on any atom is -0.480 e. The molecule has 5 heteroatoms. The van der Waals surface area contributed by atoms with Crippen molar-refractivity contribution in [1.29, 1.82) is 0 Å². The van der Waals surface area contributed by atoms with Crippen LogP contribution in [0.2, 0.25) is 0 Å². The summed E-state index contributed by atoms with van der Waals surface area (Å²) < 4.78 is 5.15. The van der Waals surface area contributed by atoms with E-state index in [4.69, 9.17) is 4.74 Å². The maximum Gasteiger partial charge on any atom is 0.329 e. The number of carboxylic acids is 1. The van der Waals surface area contributed by atoms with E-state index in [1.54, 1.807) is 0 Å². The van der Waals surface area contributed by atoms with Crippen molar-refractivity contribution in [2.45, 2.75) is 57.9 Å². The van der Waals surface area contributed by atoms with E-state index in [1.807, 2.05) is 6.92 Å². The zero-order valence-corrected chi connectivity index (χ0v) is 11.9. The molecule has 110 valence electrons. The van der Waals surface area contributed by atoms with Gasteiger partial charge in [0, 0.05) is 6.61 Å². The summed E-state index contributed by atoms with van der Waals surface area (Å²) in [5.41, 5.74) is -1.08. The van der Waals surface area contributed by atoms with Crippen LogP contribution in [-0.4, -0.2) is 35.7 Å². The van der Waals surface area contributed by atoms with Crippen molar-refractivity contribution in [2.24, 2.45) is 5.92 Å². The molecule has 0 atom stereocenters. The minimum absolute atomic E-state index is 0.0555. The molecule has 19 heavy (non-hydrogen) atoms. The maximum absolute atomic E-state index is 11.7. The van der Waals surface area contributed by atoms with Crippen LogP contribution in [0, 0.1) is 5.92 Å². The van der Waals surface area contributed by atoms with Crippen molar-refractivity contribution in [2.75, 3.05) is 13.2 Å². The summed E-state index contributed by atoms with van der Waals surface area (Å²) in [6.45, 7) is 4.55. The molecule has 0 radical (unpaired) electrons. The molecule has 0 aromatic carbocycles. The van der Waals surface area contributed by atoms with E-state index in [-0.39, 0.29) is 12.5 Å². The Morgan fingerprint density at radius 1 is 1.32 bits per heavy atom. The number of ether oxygens (including phenoxy) is 1. The summed E-state index contributed by atoms with van der Waals surface area (Å²) in [7, 11) is 0. The lowest BCUT2D eigenvalue weighted by molar-refractivity contribution is -0.150. The summed E-state index contributed by atoms with van der Waals surface area (Å²) in [5.74, 6) is -0.669. The van der Waals surface area contributed by atoms with E-state index >= 15 is 0 Å². The first-order valence-electron chi connectivity index (χ1n) is 7.16. The largest absolute Gasteiger partial charge is 0.480 e. The molecule has 1 rings (SSSR count). The second kappa shape index (κ2) is 7.48. The number of nitrogens with one attached hydrogen (secondary N) is 1. The van der Waals surface area contributed by atoms with E-state index in [2.05, 4.69) is 12.2 Å². The van der Waals surface area contributed by atoms with Crippen LogP contribution in [0.15, 0.2) is 0 Å². The topological polar surface area (TPSA) is 75.6 Å². The Labute approximate surface area is 114 Å². The molecule has 0 saturated heterocycles. The third-order valence-corrected chi connectivity index (χ3v) is 3.91. The molecule has 0 heterocycles. The first kappa shape index (κ1) is 16.0. The normalized spacial score (nSPS) is 26.9. The van der Waals surface area contributed by atoms with Gasteiger partial charge in [-0.1, -0.05) is 20.3 Å². The number of rotatable bonds is 7. The number of hydrogen-bond acceptors (Lipinski definition) is 3. The fourth-order valence-electron chi connectivity index (χ4n) is 2.58. The molecule has 0 aromatic heterocycles. The van der Waals surface area contributed by atoms with Gasteiger partial charge in [0.25, 0.3) is 0 Å². The second-order valence-electron chi connectivity index (χ2n) is 5.34. The summed E-state index contributed by atoms with van der Waals surface area (Å²) >= 11 is 0. The van der Waals surface area contributed by atoms with Crippen molar-refractivity contribution in [1.82, 2.24) is 5.32 Å². The molecule has 1 fully saturated rings. The van der Waals surface area contributed by atoms with Gasteiger partial charge in [0.1, 0.15) is 12.1 Å². The Morgan fingerprint density at radius 3 is 2.42 bits per heavy atom. The zero-order valence-electron chi connectivity index (χ0n) is 11.9. The molecular weight excluding hydrogens is 246 g/mol.